The molecule has 1 rings (SSSR count). The van der Waals surface area contributed by atoms with Gasteiger partial charge in [-0.1, -0.05) is 13.8 Å². The zero-order chi connectivity index (χ0) is 12.2. The smallest absolute Gasteiger partial charge is 0.244 e. The molecule has 0 saturated carbocycles. The summed E-state index contributed by atoms with van der Waals surface area (Å²) in [6, 6.07) is 1.47. The van der Waals surface area contributed by atoms with Crippen LogP contribution in [0.4, 0.5) is 0 Å². The fourth-order valence-electron chi connectivity index (χ4n) is 1.36. The summed E-state index contributed by atoms with van der Waals surface area (Å²) in [7, 11) is -1.97. The minimum absolute atomic E-state index is 0.163. The first-order chi connectivity index (χ1) is 7.56. The maximum absolute atomic E-state index is 12.1. The standard InChI is InChI=1S/C10H16N2O3S/c1-4-12(5-2)16(13,14)10-6-9(15-3)7-11-8-10/h6-8H,4-5H2,1-3H3. The molecular formula is C10H16N2O3S. The summed E-state index contributed by atoms with van der Waals surface area (Å²) in [5.41, 5.74) is 0. The van der Waals surface area contributed by atoms with E-state index in [0.717, 1.165) is 0 Å². The highest BCUT2D eigenvalue weighted by Gasteiger charge is 2.22. The normalized spacial score (nSPS) is 11.8. The van der Waals surface area contributed by atoms with Crippen LogP contribution in [0.3, 0.4) is 0 Å². The van der Waals surface area contributed by atoms with Gasteiger partial charge in [0.05, 0.1) is 13.3 Å². The van der Waals surface area contributed by atoms with Gasteiger partial charge in [-0.2, -0.15) is 4.31 Å². The van der Waals surface area contributed by atoms with E-state index in [9.17, 15) is 8.42 Å². The molecule has 0 aliphatic heterocycles. The van der Waals surface area contributed by atoms with Crippen molar-refractivity contribution in [3.63, 3.8) is 0 Å². The third-order valence-corrected chi connectivity index (χ3v) is 4.28. The lowest BCUT2D eigenvalue weighted by Crippen LogP contribution is -2.30. The molecule has 0 fully saturated rings. The van der Waals surface area contributed by atoms with E-state index in [0.29, 0.717) is 18.8 Å². The molecule has 5 nitrogen and oxygen atoms in total. The molecule has 90 valence electrons. The van der Waals surface area contributed by atoms with Crippen molar-refractivity contribution in [1.29, 1.82) is 0 Å². The number of hydrogen-bond acceptors (Lipinski definition) is 4. The number of sulfonamides is 1. The summed E-state index contributed by atoms with van der Waals surface area (Å²) >= 11 is 0. The molecule has 1 aromatic heterocycles. The second kappa shape index (κ2) is 5.27. The van der Waals surface area contributed by atoms with Crippen LogP contribution in [0.5, 0.6) is 5.75 Å². The van der Waals surface area contributed by atoms with Crippen LogP contribution in [0.2, 0.25) is 0 Å². The van der Waals surface area contributed by atoms with E-state index in [2.05, 4.69) is 4.98 Å². The molecule has 0 spiro atoms. The number of aromatic nitrogens is 1. The summed E-state index contributed by atoms with van der Waals surface area (Å²) < 4.78 is 30.5. The molecule has 0 bridgehead atoms. The van der Waals surface area contributed by atoms with Crippen LogP contribution in [-0.4, -0.2) is 37.9 Å². The average Bonchev–Trinajstić information content (AvgIpc) is 2.30. The molecule has 6 heteroatoms. The SMILES string of the molecule is CCN(CC)S(=O)(=O)c1cncc(OC)c1. The van der Waals surface area contributed by atoms with Crippen molar-refractivity contribution in [3.05, 3.63) is 18.5 Å². The Morgan fingerprint density at radius 3 is 2.44 bits per heavy atom. The van der Waals surface area contributed by atoms with Gasteiger partial charge in [0.1, 0.15) is 10.6 Å². The molecule has 0 aromatic carbocycles. The van der Waals surface area contributed by atoms with Crippen LogP contribution in [0.1, 0.15) is 13.8 Å². The molecule has 0 amide bonds. The van der Waals surface area contributed by atoms with E-state index in [4.69, 9.17) is 4.74 Å². The lowest BCUT2D eigenvalue weighted by atomic mass is 10.5. The van der Waals surface area contributed by atoms with Gasteiger partial charge < -0.3 is 4.74 Å². The van der Waals surface area contributed by atoms with Crippen molar-refractivity contribution in [2.45, 2.75) is 18.7 Å². The minimum Gasteiger partial charge on any atom is -0.495 e. The Bertz CT molecular complexity index is 441. The predicted octanol–water partition coefficient (Wildman–Crippen LogP) is 1.12. The molecule has 0 aliphatic carbocycles. The Labute approximate surface area is 96.1 Å². The molecule has 16 heavy (non-hydrogen) atoms. The summed E-state index contributed by atoms with van der Waals surface area (Å²) in [6.07, 6.45) is 2.80. The van der Waals surface area contributed by atoms with Gasteiger partial charge in [0, 0.05) is 25.4 Å². The van der Waals surface area contributed by atoms with E-state index in [-0.39, 0.29) is 4.90 Å². The number of nitrogens with zero attached hydrogens (tertiary/aromatic N) is 2. The highest BCUT2D eigenvalue weighted by Crippen LogP contribution is 2.18. The molecule has 0 unspecified atom stereocenters. The fourth-order valence-corrected chi connectivity index (χ4v) is 2.80. The predicted molar refractivity (Wildman–Crippen MR) is 60.9 cm³/mol. The Hall–Kier alpha value is -1.14. The van der Waals surface area contributed by atoms with Crippen molar-refractivity contribution in [1.82, 2.24) is 9.29 Å². The lowest BCUT2D eigenvalue weighted by Gasteiger charge is -2.18. The third-order valence-electron chi connectivity index (χ3n) is 2.27. The van der Waals surface area contributed by atoms with Crippen LogP contribution in [-0.2, 0) is 10.0 Å². The van der Waals surface area contributed by atoms with Gasteiger partial charge >= 0.3 is 0 Å². The van der Waals surface area contributed by atoms with Crippen molar-refractivity contribution in [2.24, 2.45) is 0 Å². The van der Waals surface area contributed by atoms with Crippen LogP contribution >= 0.6 is 0 Å². The first-order valence-corrected chi connectivity index (χ1v) is 6.49. The largest absolute Gasteiger partial charge is 0.495 e. The highest BCUT2D eigenvalue weighted by molar-refractivity contribution is 7.89. The van der Waals surface area contributed by atoms with Crippen LogP contribution in [0, 0.1) is 0 Å². The Balaban J connectivity index is 3.16. The molecule has 0 N–H and O–H groups in total. The highest BCUT2D eigenvalue weighted by atomic mass is 32.2. The van der Waals surface area contributed by atoms with Gasteiger partial charge in [-0.25, -0.2) is 8.42 Å². The lowest BCUT2D eigenvalue weighted by molar-refractivity contribution is 0.409. The van der Waals surface area contributed by atoms with E-state index in [1.807, 2.05) is 0 Å². The Morgan fingerprint density at radius 1 is 1.31 bits per heavy atom. The monoisotopic (exact) mass is 244 g/mol. The number of rotatable bonds is 5. The van der Waals surface area contributed by atoms with E-state index in [1.54, 1.807) is 13.8 Å². The summed E-state index contributed by atoms with van der Waals surface area (Å²) in [5.74, 6) is 0.438. The van der Waals surface area contributed by atoms with Crippen molar-refractivity contribution in [2.75, 3.05) is 20.2 Å². The molecule has 0 atom stereocenters. The van der Waals surface area contributed by atoms with E-state index >= 15 is 0 Å². The zero-order valence-corrected chi connectivity index (χ0v) is 10.5. The fraction of sp³-hybridized carbons (Fsp3) is 0.500. The Kier molecular flexibility index (Phi) is 4.26. The topological polar surface area (TPSA) is 59.5 Å². The van der Waals surface area contributed by atoms with Crippen molar-refractivity contribution in [3.8, 4) is 5.75 Å². The maximum atomic E-state index is 12.1. The zero-order valence-electron chi connectivity index (χ0n) is 9.67. The number of methoxy groups -OCH3 is 1. The quantitative estimate of drug-likeness (QED) is 0.778. The Morgan fingerprint density at radius 2 is 1.94 bits per heavy atom. The number of ether oxygens (including phenoxy) is 1. The maximum Gasteiger partial charge on any atom is 0.244 e. The summed E-state index contributed by atoms with van der Waals surface area (Å²) in [5, 5.41) is 0. The average molecular weight is 244 g/mol. The summed E-state index contributed by atoms with van der Waals surface area (Å²) in [4.78, 5) is 4.00. The van der Waals surface area contributed by atoms with Crippen LogP contribution in [0.15, 0.2) is 23.4 Å². The van der Waals surface area contributed by atoms with Gasteiger partial charge in [0.2, 0.25) is 10.0 Å². The van der Waals surface area contributed by atoms with Gasteiger partial charge in [-0.3, -0.25) is 4.98 Å². The molecule has 0 aliphatic rings. The van der Waals surface area contributed by atoms with E-state index < -0.39 is 10.0 Å². The van der Waals surface area contributed by atoms with Crippen molar-refractivity contribution < 1.29 is 13.2 Å². The molecular weight excluding hydrogens is 228 g/mol. The van der Waals surface area contributed by atoms with Gasteiger partial charge in [0.15, 0.2) is 0 Å². The second-order valence-electron chi connectivity index (χ2n) is 3.15. The third kappa shape index (κ3) is 2.51. The van der Waals surface area contributed by atoms with Gasteiger partial charge in [-0.15, -0.1) is 0 Å². The number of pyridine rings is 1. The van der Waals surface area contributed by atoms with Crippen LogP contribution in [0.25, 0.3) is 0 Å². The molecule has 1 heterocycles. The number of hydrogen-bond donors (Lipinski definition) is 0. The first kappa shape index (κ1) is 12.9. The van der Waals surface area contributed by atoms with Crippen molar-refractivity contribution >= 4 is 10.0 Å². The molecule has 0 radical (unpaired) electrons. The minimum atomic E-state index is -3.44. The summed E-state index contributed by atoms with van der Waals surface area (Å²) in [6.45, 7) is 4.48. The second-order valence-corrected chi connectivity index (χ2v) is 5.09. The van der Waals surface area contributed by atoms with E-state index in [1.165, 1.54) is 29.9 Å². The van der Waals surface area contributed by atoms with Gasteiger partial charge in [0.25, 0.3) is 0 Å². The molecule has 1 aromatic rings. The first-order valence-electron chi connectivity index (χ1n) is 5.05. The molecule has 0 saturated heterocycles. The van der Waals surface area contributed by atoms with Gasteiger partial charge in [-0.05, 0) is 0 Å². The van der Waals surface area contributed by atoms with Crippen LogP contribution < -0.4 is 4.74 Å².